The molecule has 0 saturated carbocycles. The maximum atomic E-state index is 12.3. The quantitative estimate of drug-likeness (QED) is 0.451. The number of hydrogen-bond acceptors (Lipinski definition) is 7. The third-order valence-electron chi connectivity index (χ3n) is 3.58. The minimum Gasteiger partial charge on any atom is -0.493 e. The summed E-state index contributed by atoms with van der Waals surface area (Å²) >= 11 is 0. The van der Waals surface area contributed by atoms with Crippen LogP contribution in [-0.4, -0.2) is 37.6 Å². The van der Waals surface area contributed by atoms with Crippen LogP contribution >= 0.6 is 0 Å². The van der Waals surface area contributed by atoms with Gasteiger partial charge in [-0.2, -0.15) is 0 Å². The van der Waals surface area contributed by atoms with Gasteiger partial charge >= 0.3 is 0 Å². The first-order chi connectivity index (χ1) is 12.1. The molecule has 0 amide bonds. The summed E-state index contributed by atoms with van der Waals surface area (Å²) in [6.07, 6.45) is 0. The van der Waals surface area contributed by atoms with E-state index < -0.39 is 4.92 Å². The van der Waals surface area contributed by atoms with Crippen molar-refractivity contribution in [1.82, 2.24) is 0 Å². The highest BCUT2D eigenvalue weighted by Crippen LogP contribution is 2.32. The van der Waals surface area contributed by atoms with Gasteiger partial charge in [0.2, 0.25) is 0 Å². The average molecular weight is 345 g/mol. The molecule has 0 unspecified atom stereocenters. The second-order valence-electron chi connectivity index (χ2n) is 5.16. The van der Waals surface area contributed by atoms with Crippen LogP contribution in [0.5, 0.6) is 23.0 Å². The van der Waals surface area contributed by atoms with E-state index in [1.807, 2.05) is 0 Å². The molecule has 25 heavy (non-hydrogen) atoms. The van der Waals surface area contributed by atoms with Crippen LogP contribution in [0.3, 0.4) is 0 Å². The van der Waals surface area contributed by atoms with E-state index in [1.54, 1.807) is 18.2 Å². The maximum Gasteiger partial charge on any atom is 0.273 e. The Bertz CT molecular complexity index is 819. The number of nitro benzene ring substituents is 1. The number of methoxy groups -OCH3 is 1. The van der Waals surface area contributed by atoms with E-state index in [9.17, 15) is 14.9 Å². The lowest BCUT2D eigenvalue weighted by Crippen LogP contribution is -2.17. The second kappa shape index (κ2) is 7.08. The van der Waals surface area contributed by atoms with Crippen LogP contribution in [0.4, 0.5) is 5.69 Å². The van der Waals surface area contributed by atoms with Gasteiger partial charge in [0.25, 0.3) is 5.69 Å². The molecule has 2 aromatic carbocycles. The summed E-state index contributed by atoms with van der Waals surface area (Å²) in [6, 6.07) is 8.80. The van der Waals surface area contributed by atoms with Crippen LogP contribution in [0.25, 0.3) is 0 Å². The number of nitro groups is 1. The molecule has 8 heteroatoms. The lowest BCUT2D eigenvalue weighted by Gasteiger charge is -2.18. The summed E-state index contributed by atoms with van der Waals surface area (Å²) in [5.41, 5.74) is 0.247. The normalized spacial score (nSPS) is 12.4. The molecule has 0 fully saturated rings. The third kappa shape index (κ3) is 3.63. The summed E-state index contributed by atoms with van der Waals surface area (Å²) < 4.78 is 21.4. The fraction of sp³-hybridized carbons (Fsp3) is 0.235. The van der Waals surface area contributed by atoms with Crippen molar-refractivity contribution >= 4 is 11.5 Å². The summed E-state index contributed by atoms with van der Waals surface area (Å²) in [6.45, 7) is 0.596. The maximum absolute atomic E-state index is 12.3. The number of carbonyl (C=O) groups is 1. The van der Waals surface area contributed by atoms with Crippen LogP contribution in [0.15, 0.2) is 36.4 Å². The van der Waals surface area contributed by atoms with Gasteiger partial charge in [0, 0.05) is 11.6 Å². The van der Waals surface area contributed by atoms with E-state index in [1.165, 1.54) is 25.3 Å². The second-order valence-corrected chi connectivity index (χ2v) is 5.16. The number of rotatable bonds is 6. The predicted molar refractivity (Wildman–Crippen MR) is 86.9 cm³/mol. The molecule has 2 aromatic rings. The molecular weight excluding hydrogens is 330 g/mol. The molecule has 0 atom stereocenters. The van der Waals surface area contributed by atoms with Crippen molar-refractivity contribution in [3.8, 4) is 23.0 Å². The molecule has 1 heterocycles. The lowest BCUT2D eigenvalue weighted by atomic mass is 10.1. The number of non-ortho nitro benzene ring substituents is 1. The Hall–Kier alpha value is -3.29. The third-order valence-corrected chi connectivity index (χ3v) is 3.58. The van der Waals surface area contributed by atoms with Gasteiger partial charge in [-0.05, 0) is 24.3 Å². The number of hydrogen-bond donors (Lipinski definition) is 0. The van der Waals surface area contributed by atoms with E-state index in [0.29, 0.717) is 36.0 Å². The Morgan fingerprint density at radius 2 is 1.88 bits per heavy atom. The van der Waals surface area contributed by atoms with E-state index in [0.717, 1.165) is 0 Å². The summed E-state index contributed by atoms with van der Waals surface area (Å²) in [5.74, 6) is 1.22. The van der Waals surface area contributed by atoms with Crippen molar-refractivity contribution < 1.29 is 28.7 Å². The van der Waals surface area contributed by atoms with Crippen molar-refractivity contribution in [2.75, 3.05) is 26.9 Å². The van der Waals surface area contributed by atoms with Crippen molar-refractivity contribution in [1.29, 1.82) is 0 Å². The van der Waals surface area contributed by atoms with Crippen molar-refractivity contribution in [2.24, 2.45) is 0 Å². The molecule has 8 nitrogen and oxygen atoms in total. The zero-order chi connectivity index (χ0) is 17.8. The molecule has 1 aliphatic rings. The van der Waals surface area contributed by atoms with E-state index in [-0.39, 0.29) is 23.8 Å². The first kappa shape index (κ1) is 16.6. The first-order valence-corrected chi connectivity index (χ1v) is 7.46. The van der Waals surface area contributed by atoms with E-state index in [2.05, 4.69) is 0 Å². The Labute approximate surface area is 143 Å². The summed E-state index contributed by atoms with van der Waals surface area (Å²) in [4.78, 5) is 22.6. The predicted octanol–water partition coefficient (Wildman–Crippen LogP) is 2.64. The Morgan fingerprint density at radius 3 is 2.60 bits per heavy atom. The topological polar surface area (TPSA) is 97.1 Å². The smallest absolute Gasteiger partial charge is 0.273 e. The highest BCUT2D eigenvalue weighted by molar-refractivity contribution is 5.97. The zero-order valence-electron chi connectivity index (χ0n) is 13.4. The molecule has 0 aromatic heterocycles. The van der Waals surface area contributed by atoms with E-state index in [4.69, 9.17) is 18.9 Å². The Morgan fingerprint density at radius 1 is 1.12 bits per heavy atom. The monoisotopic (exact) mass is 345 g/mol. The van der Waals surface area contributed by atoms with Crippen LogP contribution in [0.2, 0.25) is 0 Å². The number of ketones is 1. The SMILES string of the molecule is COc1ccc([N+](=O)[O-])cc1OCC(=O)c1ccc2c(c1)OCCO2. The standard InChI is InChI=1S/C17H15NO7/c1-22-14-5-3-12(18(20)21)9-17(14)25-10-13(19)11-2-4-15-16(8-11)24-7-6-23-15/h2-5,8-9H,6-7,10H2,1H3. The molecular formula is C17H15NO7. The first-order valence-electron chi connectivity index (χ1n) is 7.46. The number of nitrogens with zero attached hydrogens (tertiary/aromatic N) is 1. The molecule has 3 rings (SSSR count). The van der Waals surface area contributed by atoms with Gasteiger partial charge in [0.15, 0.2) is 35.4 Å². The molecule has 1 aliphatic heterocycles. The van der Waals surface area contributed by atoms with Crippen LogP contribution in [0.1, 0.15) is 10.4 Å². The molecule has 0 radical (unpaired) electrons. The van der Waals surface area contributed by atoms with Crippen molar-refractivity contribution in [2.45, 2.75) is 0 Å². The number of Topliss-reactive ketones (excluding diaryl/α,β-unsaturated/α-hetero) is 1. The van der Waals surface area contributed by atoms with Gasteiger partial charge in [0.1, 0.15) is 13.2 Å². The minimum atomic E-state index is -0.547. The van der Waals surface area contributed by atoms with Gasteiger partial charge in [-0.15, -0.1) is 0 Å². The summed E-state index contributed by atoms with van der Waals surface area (Å²) in [5, 5.41) is 10.9. The van der Waals surface area contributed by atoms with Gasteiger partial charge in [-0.25, -0.2) is 0 Å². The fourth-order valence-electron chi connectivity index (χ4n) is 2.34. The minimum absolute atomic E-state index is 0.127. The molecule has 130 valence electrons. The molecule has 0 spiro atoms. The molecule has 0 saturated heterocycles. The molecule has 0 N–H and O–H groups in total. The van der Waals surface area contributed by atoms with E-state index >= 15 is 0 Å². The van der Waals surface area contributed by atoms with Gasteiger partial charge in [-0.3, -0.25) is 14.9 Å². The highest BCUT2D eigenvalue weighted by atomic mass is 16.6. The van der Waals surface area contributed by atoms with Gasteiger partial charge in [-0.1, -0.05) is 0 Å². The number of ether oxygens (including phenoxy) is 4. The van der Waals surface area contributed by atoms with Gasteiger partial charge in [0.05, 0.1) is 18.1 Å². The van der Waals surface area contributed by atoms with Crippen molar-refractivity contribution in [3.63, 3.8) is 0 Å². The number of carbonyl (C=O) groups excluding carboxylic acids is 1. The molecule has 0 aliphatic carbocycles. The fourth-order valence-corrected chi connectivity index (χ4v) is 2.34. The van der Waals surface area contributed by atoms with Crippen LogP contribution in [0, 0.1) is 10.1 Å². The van der Waals surface area contributed by atoms with Gasteiger partial charge < -0.3 is 18.9 Å². The molecule has 0 bridgehead atoms. The van der Waals surface area contributed by atoms with Crippen LogP contribution < -0.4 is 18.9 Å². The lowest BCUT2D eigenvalue weighted by molar-refractivity contribution is -0.385. The van der Waals surface area contributed by atoms with Crippen molar-refractivity contribution in [3.05, 3.63) is 52.1 Å². The summed E-state index contributed by atoms with van der Waals surface area (Å²) in [7, 11) is 1.41. The Kier molecular flexibility index (Phi) is 4.69. The zero-order valence-corrected chi connectivity index (χ0v) is 13.4. The largest absolute Gasteiger partial charge is 0.493 e. The number of benzene rings is 2. The highest BCUT2D eigenvalue weighted by Gasteiger charge is 2.17. The Balaban J connectivity index is 1.74. The van der Waals surface area contributed by atoms with Crippen LogP contribution in [-0.2, 0) is 0 Å². The number of fused-ring (bicyclic) bond motifs is 1. The average Bonchev–Trinajstić information content (AvgIpc) is 2.65.